The molecule has 98 valence electrons. The minimum absolute atomic E-state index is 0.0587. The van der Waals surface area contributed by atoms with Crippen LogP contribution in [0.25, 0.3) is 0 Å². The van der Waals surface area contributed by atoms with Crippen LogP contribution >= 0.6 is 0 Å². The third-order valence-electron chi connectivity index (χ3n) is 3.34. The van der Waals surface area contributed by atoms with Gasteiger partial charge in [-0.3, -0.25) is 9.59 Å². The van der Waals surface area contributed by atoms with Crippen molar-refractivity contribution in [3.63, 3.8) is 0 Å². The molecule has 1 aliphatic rings. The van der Waals surface area contributed by atoms with Crippen molar-refractivity contribution in [1.82, 2.24) is 10.2 Å². The van der Waals surface area contributed by atoms with Crippen LogP contribution in [-0.4, -0.2) is 42.3 Å². The van der Waals surface area contributed by atoms with Gasteiger partial charge in [-0.05, 0) is 38.6 Å². The number of carbonyl (C=O) groups is 2. The van der Waals surface area contributed by atoms with Crippen LogP contribution in [0.1, 0.15) is 40.0 Å². The molecule has 0 spiro atoms. The van der Waals surface area contributed by atoms with Crippen molar-refractivity contribution in [3.05, 3.63) is 0 Å². The summed E-state index contributed by atoms with van der Waals surface area (Å²) in [5.41, 5.74) is 0. The average molecular weight is 240 g/mol. The summed E-state index contributed by atoms with van der Waals surface area (Å²) in [7, 11) is 1.75. The van der Waals surface area contributed by atoms with Crippen molar-refractivity contribution in [2.45, 2.75) is 52.1 Å². The van der Waals surface area contributed by atoms with E-state index in [0.717, 1.165) is 25.8 Å². The van der Waals surface area contributed by atoms with Crippen LogP contribution < -0.4 is 5.32 Å². The minimum Gasteiger partial charge on any atom is -0.334 e. The lowest BCUT2D eigenvalue weighted by atomic mass is 9.99. The molecule has 0 aliphatic carbocycles. The summed E-state index contributed by atoms with van der Waals surface area (Å²) in [6, 6.07) is -0.362. The van der Waals surface area contributed by atoms with Crippen molar-refractivity contribution < 1.29 is 9.59 Å². The van der Waals surface area contributed by atoms with Crippen LogP contribution in [-0.2, 0) is 9.59 Å². The molecular weight excluding hydrogens is 216 g/mol. The zero-order chi connectivity index (χ0) is 13.0. The molecular formula is C13H24N2O2. The molecule has 0 aromatic carbocycles. The molecule has 1 rings (SSSR count). The number of hydrogen-bond acceptors (Lipinski definition) is 3. The third kappa shape index (κ3) is 3.80. The number of nitrogens with zero attached hydrogens (tertiary/aromatic N) is 1. The monoisotopic (exact) mass is 240 g/mol. The zero-order valence-corrected chi connectivity index (χ0v) is 11.3. The largest absolute Gasteiger partial charge is 0.334 e. The van der Waals surface area contributed by atoms with E-state index in [0.29, 0.717) is 5.92 Å². The Labute approximate surface area is 104 Å². The fourth-order valence-electron chi connectivity index (χ4n) is 2.34. The van der Waals surface area contributed by atoms with E-state index in [1.807, 2.05) is 0 Å². The van der Waals surface area contributed by atoms with Crippen LogP contribution in [0.2, 0.25) is 0 Å². The summed E-state index contributed by atoms with van der Waals surface area (Å²) < 4.78 is 0. The van der Waals surface area contributed by atoms with E-state index in [-0.39, 0.29) is 23.8 Å². The van der Waals surface area contributed by atoms with Crippen LogP contribution in [0.5, 0.6) is 0 Å². The van der Waals surface area contributed by atoms with Gasteiger partial charge in [0, 0.05) is 7.05 Å². The highest BCUT2D eigenvalue weighted by atomic mass is 16.2. The third-order valence-corrected chi connectivity index (χ3v) is 3.34. The molecule has 2 atom stereocenters. The van der Waals surface area contributed by atoms with Crippen LogP contribution in [0.4, 0.5) is 0 Å². The Hall–Kier alpha value is -0.900. The van der Waals surface area contributed by atoms with Crippen LogP contribution in [0.15, 0.2) is 0 Å². The van der Waals surface area contributed by atoms with Crippen molar-refractivity contribution >= 4 is 11.7 Å². The summed E-state index contributed by atoms with van der Waals surface area (Å²) in [4.78, 5) is 25.4. The van der Waals surface area contributed by atoms with E-state index < -0.39 is 0 Å². The summed E-state index contributed by atoms with van der Waals surface area (Å²) in [6.07, 6.45) is 2.67. The summed E-state index contributed by atoms with van der Waals surface area (Å²) in [6.45, 7) is 6.61. The Balaban J connectivity index is 2.65. The topological polar surface area (TPSA) is 49.4 Å². The fraction of sp³-hybridized carbons (Fsp3) is 0.846. The molecule has 1 aliphatic heterocycles. The molecule has 1 saturated heterocycles. The predicted molar refractivity (Wildman–Crippen MR) is 67.7 cm³/mol. The molecule has 0 unspecified atom stereocenters. The standard InChI is InChI=1S/C13H24N2O2/c1-9(2)8-12(10(3)16)15(4)13(17)11-6-5-7-14-11/h9,11-12,14H,5-8H2,1-4H3/t11-,12-/m0/s1. The van der Waals surface area contributed by atoms with Gasteiger partial charge in [-0.1, -0.05) is 13.8 Å². The van der Waals surface area contributed by atoms with Crippen molar-refractivity contribution in [2.75, 3.05) is 13.6 Å². The highest BCUT2D eigenvalue weighted by Gasteiger charge is 2.31. The van der Waals surface area contributed by atoms with E-state index in [1.54, 1.807) is 18.9 Å². The summed E-state index contributed by atoms with van der Waals surface area (Å²) in [5, 5.41) is 3.18. The Morgan fingerprint density at radius 3 is 2.47 bits per heavy atom. The van der Waals surface area contributed by atoms with E-state index in [4.69, 9.17) is 0 Å². The van der Waals surface area contributed by atoms with E-state index in [2.05, 4.69) is 19.2 Å². The molecule has 1 N–H and O–H groups in total. The quantitative estimate of drug-likeness (QED) is 0.785. The van der Waals surface area contributed by atoms with Crippen molar-refractivity contribution in [3.8, 4) is 0 Å². The Morgan fingerprint density at radius 2 is 2.06 bits per heavy atom. The first-order valence-electron chi connectivity index (χ1n) is 6.44. The van der Waals surface area contributed by atoms with Crippen LogP contribution in [0.3, 0.4) is 0 Å². The Morgan fingerprint density at radius 1 is 1.41 bits per heavy atom. The highest BCUT2D eigenvalue weighted by molar-refractivity contribution is 5.89. The maximum Gasteiger partial charge on any atom is 0.240 e. The van der Waals surface area contributed by atoms with Gasteiger partial charge in [0.25, 0.3) is 0 Å². The number of amides is 1. The van der Waals surface area contributed by atoms with Crippen LogP contribution in [0, 0.1) is 5.92 Å². The molecule has 17 heavy (non-hydrogen) atoms. The lowest BCUT2D eigenvalue weighted by Gasteiger charge is -2.29. The van der Waals surface area contributed by atoms with Gasteiger partial charge in [0.1, 0.15) is 0 Å². The number of likely N-dealkylation sites (N-methyl/N-ethyl adjacent to an activating group) is 1. The second-order valence-corrected chi connectivity index (χ2v) is 5.35. The second kappa shape index (κ2) is 6.15. The van der Waals surface area contributed by atoms with Gasteiger partial charge in [0.2, 0.25) is 5.91 Å². The first kappa shape index (κ1) is 14.2. The molecule has 1 amide bonds. The number of carbonyl (C=O) groups excluding carboxylic acids is 2. The number of hydrogen-bond donors (Lipinski definition) is 1. The first-order chi connectivity index (χ1) is 7.93. The molecule has 4 heteroatoms. The molecule has 4 nitrogen and oxygen atoms in total. The lowest BCUT2D eigenvalue weighted by molar-refractivity contribution is -0.139. The first-order valence-corrected chi connectivity index (χ1v) is 6.44. The van der Waals surface area contributed by atoms with Gasteiger partial charge in [0.15, 0.2) is 5.78 Å². The van der Waals surface area contributed by atoms with Gasteiger partial charge >= 0.3 is 0 Å². The maximum atomic E-state index is 12.2. The van der Waals surface area contributed by atoms with Gasteiger partial charge < -0.3 is 10.2 Å². The number of nitrogens with one attached hydrogen (secondary N) is 1. The van der Waals surface area contributed by atoms with Gasteiger partial charge in [-0.2, -0.15) is 0 Å². The predicted octanol–water partition coefficient (Wildman–Crippen LogP) is 1.20. The number of Topliss-reactive ketones (excluding diaryl/α,β-unsaturated/α-hetero) is 1. The second-order valence-electron chi connectivity index (χ2n) is 5.35. The van der Waals surface area contributed by atoms with Gasteiger partial charge in [-0.15, -0.1) is 0 Å². The zero-order valence-electron chi connectivity index (χ0n) is 11.3. The van der Waals surface area contributed by atoms with Gasteiger partial charge in [0.05, 0.1) is 12.1 Å². The molecule has 1 fully saturated rings. The molecule has 0 saturated carbocycles. The SMILES string of the molecule is CC(=O)[C@H](CC(C)C)N(C)C(=O)[C@@H]1CCCN1. The molecule has 0 bridgehead atoms. The molecule has 1 heterocycles. The summed E-state index contributed by atoms with van der Waals surface area (Å²) in [5.74, 6) is 0.548. The molecule has 0 aromatic heterocycles. The maximum absolute atomic E-state index is 12.2. The highest BCUT2D eigenvalue weighted by Crippen LogP contribution is 2.15. The van der Waals surface area contributed by atoms with E-state index in [9.17, 15) is 9.59 Å². The Kier molecular flexibility index (Phi) is 5.12. The normalized spacial score (nSPS) is 21.6. The van der Waals surface area contributed by atoms with E-state index in [1.165, 1.54) is 0 Å². The van der Waals surface area contributed by atoms with Crippen molar-refractivity contribution in [1.29, 1.82) is 0 Å². The number of ketones is 1. The average Bonchev–Trinajstić information content (AvgIpc) is 2.76. The molecule has 0 radical (unpaired) electrons. The van der Waals surface area contributed by atoms with Gasteiger partial charge in [-0.25, -0.2) is 0 Å². The van der Waals surface area contributed by atoms with E-state index >= 15 is 0 Å². The lowest BCUT2D eigenvalue weighted by Crippen LogP contribution is -2.49. The minimum atomic E-state index is -0.273. The fourth-order valence-corrected chi connectivity index (χ4v) is 2.34. The number of rotatable bonds is 5. The molecule has 0 aromatic rings. The van der Waals surface area contributed by atoms with Crippen molar-refractivity contribution in [2.24, 2.45) is 5.92 Å². The summed E-state index contributed by atoms with van der Waals surface area (Å²) >= 11 is 0. The smallest absolute Gasteiger partial charge is 0.240 e. The Bertz CT molecular complexity index is 283.